The highest BCUT2D eigenvalue weighted by Crippen LogP contribution is 2.40. The number of hydrogen-bond acceptors (Lipinski definition) is 1. The van der Waals surface area contributed by atoms with Gasteiger partial charge in [-0.2, -0.15) is 5.26 Å². The number of nitriles is 1. The zero-order valence-corrected chi connectivity index (χ0v) is 16.5. The van der Waals surface area contributed by atoms with Crippen LogP contribution in [0.1, 0.15) is 53.9 Å². The lowest BCUT2D eigenvalue weighted by Crippen LogP contribution is -2.19. The van der Waals surface area contributed by atoms with E-state index in [0.717, 1.165) is 9.15 Å². The second-order valence-electron chi connectivity index (χ2n) is 6.64. The Morgan fingerprint density at radius 3 is 2.55 bits per heavy atom. The van der Waals surface area contributed by atoms with Crippen molar-refractivity contribution >= 4 is 22.6 Å². The van der Waals surface area contributed by atoms with Gasteiger partial charge in [-0.25, -0.2) is 0 Å². The zero-order chi connectivity index (χ0) is 16.8. The van der Waals surface area contributed by atoms with Gasteiger partial charge in [-0.15, -0.1) is 0 Å². The van der Waals surface area contributed by atoms with E-state index in [1.165, 1.54) is 36.0 Å². The van der Waals surface area contributed by atoms with Crippen molar-refractivity contribution in [2.24, 2.45) is 5.41 Å². The molecule has 2 heteroatoms. The minimum Gasteiger partial charge on any atom is -0.192 e. The van der Waals surface area contributed by atoms with Crippen LogP contribution >= 0.6 is 22.6 Å². The van der Waals surface area contributed by atoms with Gasteiger partial charge in [-0.05, 0) is 79.2 Å². The van der Waals surface area contributed by atoms with Crippen molar-refractivity contribution in [1.29, 1.82) is 5.26 Å². The van der Waals surface area contributed by atoms with Crippen molar-refractivity contribution in [2.75, 3.05) is 0 Å². The van der Waals surface area contributed by atoms with E-state index < -0.39 is 0 Å². The van der Waals surface area contributed by atoms with E-state index in [1.807, 2.05) is 19.1 Å². The van der Waals surface area contributed by atoms with Crippen LogP contribution in [-0.2, 0) is 0 Å². The number of rotatable bonds is 4. The predicted octanol–water partition coefficient (Wildman–Crippen LogP) is 6.80. The number of allylic oxidation sites excluding steroid dienone is 10. The Hall–Kier alpha value is -1.08. The molecule has 0 aliphatic heterocycles. The highest BCUT2D eigenvalue weighted by atomic mass is 127. The van der Waals surface area contributed by atoms with E-state index in [-0.39, 0.29) is 5.41 Å². The minimum absolute atomic E-state index is 0.289. The van der Waals surface area contributed by atoms with Gasteiger partial charge in [0.2, 0.25) is 0 Å². The van der Waals surface area contributed by atoms with Crippen LogP contribution in [0.15, 0.2) is 56.3 Å². The summed E-state index contributed by atoms with van der Waals surface area (Å²) in [5, 5.41) is 8.84. The average molecular weight is 407 g/mol. The SMILES string of the molecule is CC1=C(/C=C/C(C)=C/C=C/C(C)=C(\I)C#N)C(C)(C)CCC1. The summed E-state index contributed by atoms with van der Waals surface area (Å²) >= 11 is 2.07. The van der Waals surface area contributed by atoms with Crippen LogP contribution < -0.4 is 0 Å². The predicted molar refractivity (Wildman–Crippen MR) is 105 cm³/mol. The molecule has 0 atom stereocenters. The molecule has 0 fully saturated rings. The van der Waals surface area contributed by atoms with Gasteiger partial charge in [-0.3, -0.25) is 0 Å². The van der Waals surface area contributed by atoms with Gasteiger partial charge in [0.25, 0.3) is 0 Å². The topological polar surface area (TPSA) is 23.8 Å². The van der Waals surface area contributed by atoms with Crippen LogP contribution in [0.3, 0.4) is 0 Å². The molecule has 0 amide bonds. The Kier molecular flexibility index (Phi) is 7.35. The lowest BCUT2D eigenvalue weighted by molar-refractivity contribution is 0.377. The first-order chi connectivity index (χ1) is 10.3. The molecule has 0 unspecified atom stereocenters. The monoisotopic (exact) mass is 407 g/mol. The third-order valence-corrected chi connectivity index (χ3v) is 5.30. The fraction of sp³-hybridized carbons (Fsp3) is 0.450. The van der Waals surface area contributed by atoms with Crippen molar-refractivity contribution in [1.82, 2.24) is 0 Å². The van der Waals surface area contributed by atoms with Crippen molar-refractivity contribution < 1.29 is 0 Å². The van der Waals surface area contributed by atoms with Gasteiger partial charge in [0.1, 0.15) is 6.07 Å². The van der Waals surface area contributed by atoms with Gasteiger partial charge in [0.05, 0.1) is 3.58 Å². The van der Waals surface area contributed by atoms with E-state index in [2.05, 4.69) is 74.6 Å². The van der Waals surface area contributed by atoms with Gasteiger partial charge in [-0.1, -0.05) is 55.4 Å². The molecule has 118 valence electrons. The zero-order valence-electron chi connectivity index (χ0n) is 14.3. The van der Waals surface area contributed by atoms with Crippen LogP contribution in [0.4, 0.5) is 0 Å². The third-order valence-electron chi connectivity index (χ3n) is 4.21. The van der Waals surface area contributed by atoms with Crippen LogP contribution in [0.25, 0.3) is 0 Å². The molecule has 1 rings (SSSR count). The first kappa shape index (κ1) is 19.0. The molecule has 0 saturated heterocycles. The molecule has 0 saturated carbocycles. The van der Waals surface area contributed by atoms with Crippen molar-refractivity contribution in [3.8, 4) is 6.07 Å². The molecule has 0 aromatic rings. The molecular weight excluding hydrogens is 381 g/mol. The van der Waals surface area contributed by atoms with Gasteiger partial charge in [0.15, 0.2) is 0 Å². The third kappa shape index (κ3) is 5.61. The van der Waals surface area contributed by atoms with Crippen LogP contribution in [0.5, 0.6) is 0 Å². The summed E-state index contributed by atoms with van der Waals surface area (Å²) in [5.41, 5.74) is 5.53. The van der Waals surface area contributed by atoms with Gasteiger partial charge >= 0.3 is 0 Å². The molecule has 1 aliphatic carbocycles. The maximum atomic E-state index is 8.84. The minimum atomic E-state index is 0.289. The van der Waals surface area contributed by atoms with Crippen LogP contribution in [0, 0.1) is 16.7 Å². The van der Waals surface area contributed by atoms with Gasteiger partial charge < -0.3 is 0 Å². The summed E-state index contributed by atoms with van der Waals surface area (Å²) in [6.45, 7) is 11.0. The molecule has 22 heavy (non-hydrogen) atoms. The Balaban J connectivity index is 2.84. The number of nitrogens with zero attached hydrogens (tertiary/aromatic N) is 1. The molecule has 1 nitrogen and oxygen atoms in total. The Morgan fingerprint density at radius 2 is 1.95 bits per heavy atom. The first-order valence-corrected chi connectivity index (χ1v) is 8.85. The van der Waals surface area contributed by atoms with E-state index >= 15 is 0 Å². The summed E-state index contributed by atoms with van der Waals surface area (Å²) in [7, 11) is 0. The summed E-state index contributed by atoms with van der Waals surface area (Å²) in [6, 6.07) is 2.16. The lowest BCUT2D eigenvalue weighted by atomic mass is 9.72. The largest absolute Gasteiger partial charge is 0.192 e. The van der Waals surface area contributed by atoms with E-state index in [4.69, 9.17) is 5.26 Å². The fourth-order valence-corrected chi connectivity index (χ4v) is 2.97. The van der Waals surface area contributed by atoms with Crippen molar-refractivity contribution in [2.45, 2.75) is 53.9 Å². The molecule has 0 aromatic carbocycles. The van der Waals surface area contributed by atoms with Crippen molar-refractivity contribution in [3.05, 3.63) is 56.3 Å². The van der Waals surface area contributed by atoms with Crippen LogP contribution in [0.2, 0.25) is 0 Å². The number of hydrogen-bond donors (Lipinski definition) is 0. The summed E-state index contributed by atoms with van der Waals surface area (Å²) in [6.07, 6.45) is 14.4. The quantitative estimate of drug-likeness (QED) is 0.286. The number of halogens is 1. The Labute approximate surface area is 149 Å². The Bertz CT molecular complexity index is 604. The highest BCUT2D eigenvalue weighted by Gasteiger charge is 2.26. The molecule has 0 radical (unpaired) electrons. The van der Waals surface area contributed by atoms with Crippen LogP contribution in [-0.4, -0.2) is 0 Å². The molecule has 0 N–H and O–H groups in total. The normalized spacial score (nSPS) is 20.5. The summed E-state index contributed by atoms with van der Waals surface area (Å²) in [4.78, 5) is 0. The lowest BCUT2D eigenvalue weighted by Gasteiger charge is -2.32. The smallest absolute Gasteiger partial charge is 0.106 e. The molecule has 0 bridgehead atoms. The first-order valence-electron chi connectivity index (χ1n) is 7.77. The van der Waals surface area contributed by atoms with Crippen molar-refractivity contribution in [3.63, 3.8) is 0 Å². The van der Waals surface area contributed by atoms with E-state index in [1.54, 1.807) is 0 Å². The fourth-order valence-electron chi connectivity index (χ4n) is 2.79. The summed E-state index contributed by atoms with van der Waals surface area (Å²) in [5.74, 6) is 0. The maximum Gasteiger partial charge on any atom is 0.106 e. The average Bonchev–Trinajstić information content (AvgIpc) is 2.45. The Morgan fingerprint density at radius 1 is 1.27 bits per heavy atom. The highest BCUT2D eigenvalue weighted by molar-refractivity contribution is 14.1. The van der Waals surface area contributed by atoms with Gasteiger partial charge in [0, 0.05) is 0 Å². The second-order valence-corrected chi connectivity index (χ2v) is 7.72. The van der Waals surface area contributed by atoms with E-state index in [9.17, 15) is 0 Å². The second kappa shape index (κ2) is 8.53. The summed E-state index contributed by atoms with van der Waals surface area (Å²) < 4.78 is 0.736. The maximum absolute atomic E-state index is 8.84. The standard InChI is InChI=1S/C20H26IN/c1-15(8-6-9-17(3)19(21)14-22)11-12-18-16(2)10-7-13-20(18,4)5/h6,8-9,11-12H,7,10,13H2,1-5H3/b9-6+,12-11+,15-8+,19-17-. The molecule has 1 aliphatic rings. The van der Waals surface area contributed by atoms with E-state index in [0.29, 0.717) is 0 Å². The molecule has 0 spiro atoms. The molecule has 0 aromatic heterocycles. The molecular formula is C20H26IN. The molecule has 0 heterocycles.